The molecule has 0 unspecified atom stereocenters. The van der Waals surface area contributed by atoms with Gasteiger partial charge in [-0.1, -0.05) is 40.5 Å². The highest BCUT2D eigenvalue weighted by Crippen LogP contribution is 2.15. The summed E-state index contributed by atoms with van der Waals surface area (Å²) in [5, 5.41) is 0. The molecule has 2 heteroatoms. The van der Waals surface area contributed by atoms with Crippen molar-refractivity contribution in [1.29, 1.82) is 0 Å². The van der Waals surface area contributed by atoms with Gasteiger partial charge in [-0.05, 0) is 38.5 Å². The Bertz CT molecular complexity index is 141. The summed E-state index contributed by atoms with van der Waals surface area (Å²) in [7, 11) is 0. The molecule has 0 saturated heterocycles. The molecule has 0 aromatic heterocycles. The topological polar surface area (TPSA) is 0 Å². The van der Waals surface area contributed by atoms with Gasteiger partial charge in [0.1, 0.15) is 0 Å². The molecule has 0 fully saturated rings. The Morgan fingerprint density at radius 3 is 1.17 bits per heavy atom. The van der Waals surface area contributed by atoms with E-state index in [9.17, 15) is 0 Å². The predicted molar refractivity (Wildman–Crippen MR) is 79.4 cm³/mol. The van der Waals surface area contributed by atoms with Crippen molar-refractivity contribution in [2.75, 3.05) is 26.2 Å². The normalized spacial score (nSPS) is 11.3. The minimum Gasteiger partial charge on any atom is -1.00 e. The van der Waals surface area contributed by atoms with Crippen molar-refractivity contribution < 1.29 is 21.5 Å². The van der Waals surface area contributed by atoms with Gasteiger partial charge < -0.3 is 21.5 Å². The zero-order valence-electron chi connectivity index (χ0n) is 13.3. The average Bonchev–Trinajstić information content (AvgIpc) is 2.30. The molecule has 0 radical (unpaired) electrons. The number of hydrogen-bond donors (Lipinski definition) is 0. The van der Waals surface area contributed by atoms with Crippen LogP contribution in [0.5, 0.6) is 0 Å². The maximum atomic E-state index is 2.35. The molecular weight excluding hydrogens is 286 g/mol. The lowest BCUT2D eigenvalue weighted by atomic mass is 10.1. The summed E-state index contributed by atoms with van der Waals surface area (Å²) in [4.78, 5) is 0. The Labute approximate surface area is 127 Å². The molecule has 0 atom stereocenters. The molecule has 0 aromatic rings. The number of quaternary nitrogens is 1. The van der Waals surface area contributed by atoms with Gasteiger partial charge >= 0.3 is 0 Å². The molecule has 0 aliphatic heterocycles. The lowest BCUT2D eigenvalue weighted by Gasteiger charge is -2.39. The van der Waals surface area contributed by atoms with Gasteiger partial charge in [0, 0.05) is 0 Å². The molecule has 0 aliphatic rings. The van der Waals surface area contributed by atoms with Crippen LogP contribution >= 0.6 is 0 Å². The maximum absolute atomic E-state index is 2.35. The van der Waals surface area contributed by atoms with E-state index in [1.165, 1.54) is 82.0 Å². The third kappa shape index (κ3) is 9.38. The fraction of sp³-hybridized carbons (Fsp3) is 1.00. The Hall–Kier alpha value is 0.440. The molecule has 0 saturated carbocycles. The highest BCUT2D eigenvalue weighted by Gasteiger charge is 2.24. The smallest absolute Gasteiger partial charge is 0.0786 e. The minimum atomic E-state index is 0. The van der Waals surface area contributed by atoms with Crippen molar-refractivity contribution in [3.8, 4) is 0 Å². The van der Waals surface area contributed by atoms with Crippen molar-refractivity contribution in [3.63, 3.8) is 0 Å². The van der Waals surface area contributed by atoms with Crippen molar-refractivity contribution >= 4 is 0 Å². The van der Waals surface area contributed by atoms with E-state index >= 15 is 0 Å². The zero-order valence-corrected chi connectivity index (χ0v) is 14.9. The van der Waals surface area contributed by atoms with Gasteiger partial charge in [-0.15, -0.1) is 0 Å². The van der Waals surface area contributed by atoms with Gasteiger partial charge in [0.2, 0.25) is 0 Å². The standard InChI is InChI=1S/C16H36N.BrH/c1-5-9-11-15-17(13-7-3,14-8-4)16-12-10-6-2;/h5-16H2,1-4H3;1H/q+1;/p-1. The van der Waals surface area contributed by atoms with Crippen molar-refractivity contribution in [2.45, 2.75) is 79.1 Å². The molecule has 0 rings (SSSR count). The minimum absolute atomic E-state index is 0. The first-order valence-electron chi connectivity index (χ1n) is 8.09. The summed E-state index contributed by atoms with van der Waals surface area (Å²) in [5.41, 5.74) is 0. The highest BCUT2D eigenvalue weighted by molar-refractivity contribution is 4.48. The summed E-state index contributed by atoms with van der Waals surface area (Å²) in [6, 6.07) is 0. The molecule has 0 bridgehead atoms. The van der Waals surface area contributed by atoms with Crippen LogP contribution < -0.4 is 17.0 Å². The van der Waals surface area contributed by atoms with Crippen LogP contribution in [-0.2, 0) is 0 Å². The first-order valence-corrected chi connectivity index (χ1v) is 8.09. The molecule has 1 nitrogen and oxygen atoms in total. The first kappa shape index (κ1) is 20.8. The second kappa shape index (κ2) is 13.9. The Morgan fingerprint density at radius 1 is 0.500 bits per heavy atom. The summed E-state index contributed by atoms with van der Waals surface area (Å²) in [5.74, 6) is 0. The maximum Gasteiger partial charge on any atom is 0.0786 e. The average molecular weight is 322 g/mol. The van der Waals surface area contributed by atoms with Crippen molar-refractivity contribution in [1.82, 2.24) is 0 Å². The largest absolute Gasteiger partial charge is 1.00 e. The Morgan fingerprint density at radius 2 is 0.889 bits per heavy atom. The molecule has 0 amide bonds. The molecule has 0 heterocycles. The molecule has 0 aliphatic carbocycles. The molecule has 112 valence electrons. The summed E-state index contributed by atoms with van der Waals surface area (Å²) in [6.07, 6.45) is 11.1. The lowest BCUT2D eigenvalue weighted by molar-refractivity contribution is -0.928. The number of nitrogens with zero attached hydrogens (tertiary/aromatic N) is 1. The first-order chi connectivity index (χ1) is 8.24. The second-order valence-corrected chi connectivity index (χ2v) is 5.65. The molecule has 18 heavy (non-hydrogen) atoms. The summed E-state index contributed by atoms with van der Waals surface area (Å²) in [6.45, 7) is 15.0. The zero-order chi connectivity index (χ0) is 13.0. The highest BCUT2D eigenvalue weighted by atomic mass is 79.9. The van der Waals surface area contributed by atoms with Gasteiger partial charge in [0.15, 0.2) is 0 Å². The van der Waals surface area contributed by atoms with Gasteiger partial charge in [-0.25, -0.2) is 0 Å². The molecule has 0 N–H and O–H groups in total. The van der Waals surface area contributed by atoms with Gasteiger partial charge in [0.05, 0.1) is 26.2 Å². The fourth-order valence-corrected chi connectivity index (χ4v) is 3.01. The van der Waals surface area contributed by atoms with Crippen molar-refractivity contribution in [3.05, 3.63) is 0 Å². The van der Waals surface area contributed by atoms with E-state index in [1.54, 1.807) is 0 Å². The van der Waals surface area contributed by atoms with Gasteiger partial charge in [-0.3, -0.25) is 0 Å². The fourth-order valence-electron chi connectivity index (χ4n) is 3.01. The quantitative estimate of drug-likeness (QED) is 0.381. The summed E-state index contributed by atoms with van der Waals surface area (Å²) < 4.78 is 1.41. The van der Waals surface area contributed by atoms with Crippen LogP contribution in [0.1, 0.15) is 79.1 Å². The van der Waals surface area contributed by atoms with E-state index in [-0.39, 0.29) is 17.0 Å². The van der Waals surface area contributed by atoms with E-state index in [2.05, 4.69) is 27.7 Å². The number of rotatable bonds is 12. The van der Waals surface area contributed by atoms with Crippen LogP contribution in [0.2, 0.25) is 0 Å². The van der Waals surface area contributed by atoms with E-state index < -0.39 is 0 Å². The van der Waals surface area contributed by atoms with Gasteiger partial charge in [0.25, 0.3) is 0 Å². The molecule has 0 aromatic carbocycles. The third-order valence-electron chi connectivity index (χ3n) is 3.87. The van der Waals surface area contributed by atoms with E-state index in [0.29, 0.717) is 0 Å². The Kier molecular flexibility index (Phi) is 16.0. The molecule has 0 spiro atoms. The number of halogens is 1. The van der Waals surface area contributed by atoms with Gasteiger partial charge in [-0.2, -0.15) is 0 Å². The monoisotopic (exact) mass is 321 g/mol. The number of hydrogen-bond acceptors (Lipinski definition) is 0. The van der Waals surface area contributed by atoms with Crippen LogP contribution in [0.4, 0.5) is 0 Å². The van der Waals surface area contributed by atoms with Crippen LogP contribution in [0.15, 0.2) is 0 Å². The lowest BCUT2D eigenvalue weighted by Crippen LogP contribution is -3.00. The number of unbranched alkanes of at least 4 members (excludes halogenated alkanes) is 4. The van der Waals surface area contributed by atoms with Crippen molar-refractivity contribution in [2.24, 2.45) is 0 Å². The van der Waals surface area contributed by atoms with Crippen LogP contribution in [0.25, 0.3) is 0 Å². The van der Waals surface area contributed by atoms with E-state index in [0.717, 1.165) is 0 Å². The van der Waals surface area contributed by atoms with Crippen LogP contribution in [-0.4, -0.2) is 30.7 Å². The second-order valence-electron chi connectivity index (χ2n) is 5.65. The van der Waals surface area contributed by atoms with E-state index in [4.69, 9.17) is 0 Å². The predicted octanol–water partition coefficient (Wildman–Crippen LogP) is 2.01. The van der Waals surface area contributed by atoms with Crippen LogP contribution in [0, 0.1) is 0 Å². The van der Waals surface area contributed by atoms with Crippen LogP contribution in [0.3, 0.4) is 0 Å². The Balaban J connectivity index is 0. The third-order valence-corrected chi connectivity index (χ3v) is 3.87. The summed E-state index contributed by atoms with van der Waals surface area (Å²) >= 11 is 0. The SMILES string of the molecule is CCCCC[N+](CCC)(CCC)CCCCC.[Br-]. The van der Waals surface area contributed by atoms with E-state index in [1.807, 2.05) is 0 Å². The molecular formula is C16H36BrN.